The van der Waals surface area contributed by atoms with Crippen LogP contribution in [0.1, 0.15) is 74.7 Å². The maximum atomic E-state index is 9.02. The summed E-state index contributed by atoms with van der Waals surface area (Å²) in [4.78, 5) is 2.49. The zero-order valence-corrected chi connectivity index (χ0v) is 42.3. The average Bonchev–Trinajstić information content (AvgIpc) is 4.31. The van der Waals surface area contributed by atoms with Gasteiger partial charge in [0.25, 0.3) is 0 Å². The van der Waals surface area contributed by atoms with Crippen LogP contribution in [-0.2, 0) is 0 Å². The number of methoxy groups -OCH3 is 2. The van der Waals surface area contributed by atoms with E-state index in [-0.39, 0.29) is 5.75 Å². The lowest BCUT2D eigenvalue weighted by Gasteiger charge is -2.26. The Morgan fingerprint density at radius 3 is 1.26 bits per heavy atom. The summed E-state index contributed by atoms with van der Waals surface area (Å²) in [6, 6.07) is 36.8. The smallest absolute Gasteiger partial charge is 0.488 e. The Morgan fingerprint density at radius 1 is 0.522 bits per heavy atom. The summed E-state index contributed by atoms with van der Waals surface area (Å²) in [6.45, 7) is 20.2. The number of nitrogens with one attached hydrogen (secondary N) is 1. The van der Waals surface area contributed by atoms with E-state index in [1.807, 2.05) is 164 Å². The molecular formula is C53H76BN9O6. The number of aromatic amines is 1. The highest BCUT2D eigenvalue weighted by Gasteiger charge is 2.10. The Hall–Kier alpha value is -7.14. The molecule has 1 saturated heterocycles. The highest BCUT2D eigenvalue weighted by Crippen LogP contribution is 2.16. The van der Waals surface area contributed by atoms with Crippen LogP contribution in [0, 0.1) is 0 Å². The third-order valence-electron chi connectivity index (χ3n) is 9.01. The van der Waals surface area contributed by atoms with Gasteiger partial charge in [-0.25, -0.2) is 14.0 Å². The third-order valence-corrected chi connectivity index (χ3v) is 9.01. The van der Waals surface area contributed by atoms with E-state index in [0.29, 0.717) is 11.2 Å². The van der Waals surface area contributed by atoms with Crippen molar-refractivity contribution in [3.8, 4) is 40.1 Å². The second-order valence-electron chi connectivity index (χ2n) is 13.2. The van der Waals surface area contributed by atoms with Gasteiger partial charge in [-0.2, -0.15) is 20.4 Å². The number of phenolic OH excluding ortho intramolecular Hbond substituents is 1. The molecule has 4 aromatic carbocycles. The van der Waals surface area contributed by atoms with Crippen molar-refractivity contribution in [2.75, 3.05) is 40.5 Å². The monoisotopic (exact) mass is 946 g/mol. The van der Waals surface area contributed by atoms with E-state index in [2.05, 4.69) is 30.4 Å². The van der Waals surface area contributed by atoms with Gasteiger partial charge >= 0.3 is 7.12 Å². The van der Waals surface area contributed by atoms with Crippen molar-refractivity contribution < 1.29 is 29.4 Å². The molecule has 4 aromatic heterocycles. The number of nitrogens with zero attached hydrogens (tertiary/aromatic N) is 8. The highest BCUT2D eigenvalue weighted by molar-refractivity contribution is 6.58. The first-order valence-electron chi connectivity index (χ1n) is 23.7. The third kappa shape index (κ3) is 24.5. The van der Waals surface area contributed by atoms with Crippen LogP contribution in [0.2, 0.25) is 0 Å². The molecule has 0 saturated carbocycles. The molecule has 1 aliphatic heterocycles. The van der Waals surface area contributed by atoms with Gasteiger partial charge in [0.1, 0.15) is 29.6 Å². The number of hydrogen-bond acceptors (Lipinski definition) is 11. The van der Waals surface area contributed by atoms with Crippen LogP contribution < -0.4 is 19.7 Å². The van der Waals surface area contributed by atoms with E-state index in [1.54, 1.807) is 91.0 Å². The Kier molecular flexibility index (Phi) is 33.8. The minimum absolute atomic E-state index is 0.269. The van der Waals surface area contributed by atoms with Gasteiger partial charge in [-0.3, -0.25) is 10.00 Å². The van der Waals surface area contributed by atoms with Crippen molar-refractivity contribution in [3.05, 3.63) is 171 Å². The fourth-order valence-corrected chi connectivity index (χ4v) is 5.77. The maximum absolute atomic E-state index is 9.02. The largest absolute Gasteiger partial charge is 0.508 e. The van der Waals surface area contributed by atoms with Gasteiger partial charge in [0.2, 0.25) is 0 Å². The number of piperidine rings is 1. The summed E-state index contributed by atoms with van der Waals surface area (Å²) in [5.41, 5.74) is 3.49. The quantitative estimate of drug-likeness (QED) is 0.0961. The summed E-state index contributed by atoms with van der Waals surface area (Å²) >= 11 is 0. The highest BCUT2D eigenvalue weighted by atomic mass is 16.5. The molecular weight excluding hydrogens is 869 g/mol. The number of hydrogen-bond donors (Lipinski definition) is 4. The van der Waals surface area contributed by atoms with E-state index >= 15 is 0 Å². The van der Waals surface area contributed by atoms with Gasteiger partial charge in [0, 0.05) is 56.1 Å². The van der Waals surface area contributed by atoms with E-state index in [1.165, 1.54) is 32.4 Å². The van der Waals surface area contributed by atoms with Gasteiger partial charge < -0.3 is 29.4 Å². The van der Waals surface area contributed by atoms with Crippen LogP contribution in [0.4, 0.5) is 0 Å². The van der Waals surface area contributed by atoms with Gasteiger partial charge in [-0.1, -0.05) is 73.9 Å². The molecule has 5 heterocycles. The lowest BCUT2D eigenvalue weighted by molar-refractivity contribution is 0.183. The predicted octanol–water partition coefficient (Wildman–Crippen LogP) is 10.1. The molecule has 0 amide bonds. The Morgan fingerprint density at radius 2 is 0.928 bits per heavy atom. The van der Waals surface area contributed by atoms with Gasteiger partial charge in [0.05, 0.1) is 31.3 Å². The first-order chi connectivity index (χ1) is 33.9. The summed E-state index contributed by atoms with van der Waals surface area (Å²) in [7, 11) is 1.81. The number of phenols is 1. The number of H-pyrrole nitrogens is 1. The minimum atomic E-state index is -1.40. The van der Waals surface area contributed by atoms with E-state index < -0.39 is 7.12 Å². The fourth-order valence-electron chi connectivity index (χ4n) is 5.77. The molecule has 4 N–H and O–H groups in total. The number of likely N-dealkylation sites (tertiary alicyclic amines) is 1. The standard InChI is InChI=1S/C16H21N3O.C10H10N2O.C9H8N2O.C7H9BO3.C3H4N2.4C2H6/c1-2-10-18(11-3-1)13-14-20-16-7-5-15(6-8-16)19-12-4-9-17-19;1-13-10-5-3-9(4-6-10)12-8-2-7-11-12;12-9-4-2-8(3-5-9)11-7-1-6-10-11;1-11-7-4-2-6(3-5-7)8(9)10;1-2-4-5-3-1;4*1-2/h4-9,12H,1-3,10-11,13-14H2;2-8H,1H3;1-7,12H;2-5,9-10H,1H3;1-3H,(H,4,5);4*1-2H3. The SMILES string of the molecule is CC.CC.CC.CC.COc1ccc(-n2cccn2)cc1.COc1ccc(B(O)O)cc1.Oc1ccc(-n2cccn2)cc1.c1cn[nH]c1.c1cnn(-c2ccc(OCCN3CCCCC3)cc2)c1. The first-order valence-corrected chi connectivity index (χ1v) is 23.7. The van der Waals surface area contributed by atoms with Crippen LogP contribution in [0.25, 0.3) is 17.1 Å². The van der Waals surface area contributed by atoms with Crippen LogP contribution in [0.15, 0.2) is 171 Å². The van der Waals surface area contributed by atoms with Crippen molar-refractivity contribution in [2.45, 2.75) is 74.7 Å². The van der Waals surface area contributed by atoms with Crippen LogP contribution in [0.5, 0.6) is 23.0 Å². The number of benzene rings is 4. The molecule has 0 bridgehead atoms. The molecule has 0 spiro atoms. The van der Waals surface area contributed by atoms with Crippen molar-refractivity contribution in [2.24, 2.45) is 0 Å². The Bertz CT molecular complexity index is 2240. The second kappa shape index (κ2) is 38.9. The summed E-state index contributed by atoms with van der Waals surface area (Å²) in [6.07, 6.45) is 18.4. The molecule has 0 aliphatic carbocycles. The molecule has 0 atom stereocenters. The maximum Gasteiger partial charge on any atom is 0.488 e. The van der Waals surface area contributed by atoms with E-state index in [9.17, 15) is 0 Å². The van der Waals surface area contributed by atoms with Crippen molar-refractivity contribution in [3.63, 3.8) is 0 Å². The molecule has 1 aliphatic rings. The van der Waals surface area contributed by atoms with Crippen LogP contribution in [-0.4, -0.2) is 107 Å². The number of aromatic hydroxyl groups is 1. The van der Waals surface area contributed by atoms with E-state index in [0.717, 1.165) is 41.7 Å². The van der Waals surface area contributed by atoms with Crippen molar-refractivity contribution in [1.82, 2.24) is 44.4 Å². The summed E-state index contributed by atoms with van der Waals surface area (Å²) in [5.74, 6) is 2.76. The van der Waals surface area contributed by atoms with Crippen molar-refractivity contribution in [1.29, 1.82) is 0 Å². The number of ether oxygens (including phenoxy) is 3. The topological polar surface area (TPSA) is 174 Å². The van der Waals surface area contributed by atoms with Crippen LogP contribution >= 0.6 is 0 Å². The van der Waals surface area contributed by atoms with E-state index in [4.69, 9.17) is 29.4 Å². The molecule has 1 fully saturated rings. The Balaban J connectivity index is 0.000000433. The number of rotatable bonds is 10. The minimum Gasteiger partial charge on any atom is -0.508 e. The zero-order chi connectivity index (χ0) is 50.9. The summed E-state index contributed by atoms with van der Waals surface area (Å²) < 4.78 is 21.1. The Labute approximate surface area is 411 Å². The van der Waals surface area contributed by atoms with Crippen molar-refractivity contribution >= 4 is 12.6 Å². The summed E-state index contributed by atoms with van der Waals surface area (Å²) in [5, 5.41) is 45.0. The molecule has 16 heteroatoms. The molecule has 69 heavy (non-hydrogen) atoms. The zero-order valence-electron chi connectivity index (χ0n) is 42.3. The van der Waals surface area contributed by atoms with Gasteiger partial charge in [-0.15, -0.1) is 0 Å². The average molecular weight is 946 g/mol. The molecule has 8 aromatic rings. The molecule has 15 nitrogen and oxygen atoms in total. The van der Waals surface area contributed by atoms with Gasteiger partial charge in [-0.05, 0) is 141 Å². The molecule has 9 rings (SSSR count). The van der Waals surface area contributed by atoms with Gasteiger partial charge in [0.15, 0.2) is 0 Å². The fraction of sp³-hybridized carbons (Fsp3) is 0.321. The first kappa shape index (κ1) is 59.9. The lowest BCUT2D eigenvalue weighted by Crippen LogP contribution is -2.33. The van der Waals surface area contributed by atoms with Crippen LogP contribution in [0.3, 0.4) is 0 Å². The molecule has 372 valence electrons. The normalized spacial score (nSPS) is 10.7. The lowest BCUT2D eigenvalue weighted by atomic mass is 9.80. The predicted molar refractivity (Wildman–Crippen MR) is 281 cm³/mol. The number of aromatic nitrogens is 8. The molecule has 0 unspecified atom stereocenters. The second-order valence-corrected chi connectivity index (χ2v) is 13.2. The molecule has 0 radical (unpaired) electrons.